The van der Waals surface area contributed by atoms with Crippen molar-refractivity contribution in [3.63, 3.8) is 0 Å². The van der Waals surface area contributed by atoms with E-state index in [1.165, 1.54) is 36.4 Å². The first kappa shape index (κ1) is 19.6. The van der Waals surface area contributed by atoms with Crippen LogP contribution in [0, 0.1) is 10.1 Å². The Morgan fingerprint density at radius 1 is 1.14 bits per heavy atom. The van der Waals surface area contributed by atoms with E-state index in [9.17, 15) is 28.4 Å². The zero-order chi connectivity index (χ0) is 20.3. The highest BCUT2D eigenvalue weighted by molar-refractivity contribution is 7.89. The summed E-state index contributed by atoms with van der Waals surface area (Å²) in [6.07, 6.45) is -0.783. The topological polar surface area (TPSA) is 148 Å². The van der Waals surface area contributed by atoms with Crippen LogP contribution in [0.4, 0.5) is 5.69 Å². The largest absolute Gasteiger partial charge is 0.550 e. The van der Waals surface area contributed by atoms with Crippen molar-refractivity contribution < 1.29 is 32.7 Å². The molecule has 11 heteroatoms. The molecule has 0 bridgehead atoms. The molecule has 0 saturated heterocycles. The van der Waals surface area contributed by atoms with Crippen molar-refractivity contribution >= 4 is 21.7 Å². The van der Waals surface area contributed by atoms with Crippen LogP contribution in [0.25, 0.3) is 0 Å². The highest BCUT2D eigenvalue weighted by atomic mass is 32.2. The number of carbonyl (C=O) groups excluding carboxylic acids is 1. The molecular formula is C17H15N2O8S-. The summed E-state index contributed by atoms with van der Waals surface area (Å²) < 4.78 is 38.4. The van der Waals surface area contributed by atoms with Crippen LogP contribution in [0.1, 0.15) is 18.0 Å². The van der Waals surface area contributed by atoms with Crippen LogP contribution in [0.2, 0.25) is 0 Å². The minimum absolute atomic E-state index is 0.0854. The van der Waals surface area contributed by atoms with Crippen molar-refractivity contribution in [2.75, 3.05) is 13.2 Å². The molecule has 1 aliphatic heterocycles. The van der Waals surface area contributed by atoms with Crippen molar-refractivity contribution in [2.24, 2.45) is 0 Å². The highest BCUT2D eigenvalue weighted by Gasteiger charge is 2.28. The molecule has 1 atom stereocenters. The molecule has 2 aromatic carbocycles. The molecule has 0 unspecified atom stereocenters. The lowest BCUT2D eigenvalue weighted by Gasteiger charge is -2.21. The lowest BCUT2D eigenvalue weighted by Crippen LogP contribution is -2.34. The molecule has 0 amide bonds. The van der Waals surface area contributed by atoms with Gasteiger partial charge in [-0.05, 0) is 12.1 Å². The van der Waals surface area contributed by atoms with Crippen molar-refractivity contribution in [2.45, 2.75) is 17.4 Å². The number of ether oxygens (including phenoxy) is 2. The van der Waals surface area contributed by atoms with Crippen LogP contribution in [-0.4, -0.2) is 32.5 Å². The Bertz CT molecular complexity index is 1020. The molecule has 1 heterocycles. The monoisotopic (exact) mass is 407 g/mol. The number of sulfonamides is 1. The van der Waals surface area contributed by atoms with Crippen molar-refractivity contribution in [3.05, 3.63) is 58.1 Å². The lowest BCUT2D eigenvalue weighted by atomic mass is 10.0. The van der Waals surface area contributed by atoms with Gasteiger partial charge in [-0.15, -0.1) is 0 Å². The third-order valence-corrected chi connectivity index (χ3v) is 5.47. The number of para-hydroxylation sites is 1. The predicted molar refractivity (Wildman–Crippen MR) is 93.2 cm³/mol. The van der Waals surface area contributed by atoms with E-state index in [-0.39, 0.29) is 22.8 Å². The Balaban J connectivity index is 1.97. The molecule has 10 nitrogen and oxygen atoms in total. The number of nitro benzene ring substituents is 1. The summed E-state index contributed by atoms with van der Waals surface area (Å²) in [7, 11) is -4.23. The Morgan fingerprint density at radius 3 is 2.50 bits per heavy atom. The molecular weight excluding hydrogens is 392 g/mol. The van der Waals surface area contributed by atoms with Gasteiger partial charge >= 0.3 is 0 Å². The number of hydrogen-bond donors (Lipinski definition) is 1. The first-order valence-corrected chi connectivity index (χ1v) is 9.61. The number of nitrogens with one attached hydrogen (secondary N) is 1. The Hall–Kier alpha value is -3.18. The first-order valence-electron chi connectivity index (χ1n) is 8.13. The molecule has 1 N–H and O–H groups in total. The van der Waals surface area contributed by atoms with Gasteiger partial charge < -0.3 is 19.4 Å². The van der Waals surface area contributed by atoms with Crippen LogP contribution in [-0.2, 0) is 14.8 Å². The summed E-state index contributed by atoms with van der Waals surface area (Å²) in [6, 6.07) is 7.83. The van der Waals surface area contributed by atoms with Crippen LogP contribution in [0.3, 0.4) is 0 Å². The van der Waals surface area contributed by atoms with Gasteiger partial charge in [0.2, 0.25) is 10.0 Å². The molecule has 3 rings (SSSR count). The summed E-state index contributed by atoms with van der Waals surface area (Å²) in [5.74, 6) is -0.945. The van der Waals surface area contributed by atoms with Gasteiger partial charge in [0, 0.05) is 30.1 Å². The number of benzene rings is 2. The maximum Gasteiger partial charge on any atom is 0.274 e. The van der Waals surface area contributed by atoms with E-state index in [1.807, 2.05) is 0 Å². The van der Waals surface area contributed by atoms with Gasteiger partial charge in [0.05, 0.1) is 15.9 Å². The fraction of sp³-hybridized carbons (Fsp3) is 0.235. The van der Waals surface area contributed by atoms with Gasteiger partial charge in [-0.3, -0.25) is 10.1 Å². The van der Waals surface area contributed by atoms with Gasteiger partial charge in [0.15, 0.2) is 11.5 Å². The summed E-state index contributed by atoms with van der Waals surface area (Å²) in [5, 5.41) is 22.4. The predicted octanol–water partition coefficient (Wildman–Crippen LogP) is 0.526. The number of nitrogens with zero attached hydrogens (tertiary/aromatic N) is 1. The van der Waals surface area contributed by atoms with Crippen molar-refractivity contribution in [3.8, 4) is 11.5 Å². The quantitative estimate of drug-likeness (QED) is 0.516. The number of carboxylic acid groups (broad SMARTS) is 1. The fourth-order valence-electron chi connectivity index (χ4n) is 2.78. The molecule has 0 radical (unpaired) electrons. The second-order valence-corrected chi connectivity index (χ2v) is 7.59. The van der Waals surface area contributed by atoms with Crippen molar-refractivity contribution in [1.82, 2.24) is 4.72 Å². The second kappa shape index (κ2) is 7.82. The average molecular weight is 407 g/mol. The van der Waals surface area contributed by atoms with Gasteiger partial charge in [-0.1, -0.05) is 18.2 Å². The lowest BCUT2D eigenvalue weighted by molar-refractivity contribution is -0.385. The summed E-state index contributed by atoms with van der Waals surface area (Å²) >= 11 is 0. The van der Waals surface area contributed by atoms with Crippen LogP contribution in [0.5, 0.6) is 11.5 Å². The highest BCUT2D eigenvalue weighted by Crippen LogP contribution is 2.33. The van der Waals surface area contributed by atoms with E-state index in [4.69, 9.17) is 9.47 Å². The molecule has 28 heavy (non-hydrogen) atoms. The second-order valence-electron chi connectivity index (χ2n) is 5.87. The zero-order valence-corrected chi connectivity index (χ0v) is 15.2. The first-order chi connectivity index (χ1) is 13.3. The smallest absolute Gasteiger partial charge is 0.274 e. The maximum atomic E-state index is 12.8. The van der Waals surface area contributed by atoms with E-state index in [0.29, 0.717) is 12.4 Å². The number of hydrogen-bond acceptors (Lipinski definition) is 8. The van der Waals surface area contributed by atoms with Gasteiger partial charge in [-0.25, -0.2) is 13.1 Å². The van der Waals surface area contributed by atoms with Gasteiger partial charge in [0.1, 0.15) is 13.2 Å². The number of carbonyl (C=O) groups is 1. The standard InChI is InChI=1S/C17H16N2O8S/c20-17(21)10-13(12-3-1-2-4-14(12)19(22)23)18-28(24,25)11-5-6-15-16(9-11)27-8-7-26-15/h1-6,9,13,18H,7-8,10H2,(H,20,21)/p-1/t13-/m1/s1. The number of fused-ring (bicyclic) bond motifs is 1. The Kier molecular flexibility index (Phi) is 5.47. The van der Waals surface area contributed by atoms with Gasteiger partial charge in [-0.2, -0.15) is 0 Å². The molecule has 1 aliphatic rings. The summed E-state index contributed by atoms with van der Waals surface area (Å²) in [5.41, 5.74) is -0.489. The Morgan fingerprint density at radius 2 is 1.82 bits per heavy atom. The average Bonchev–Trinajstić information content (AvgIpc) is 2.66. The number of carboxylic acids is 1. The van der Waals surface area contributed by atoms with E-state index in [2.05, 4.69) is 4.72 Å². The normalized spacial score (nSPS) is 14.3. The van der Waals surface area contributed by atoms with E-state index in [1.54, 1.807) is 0 Å². The molecule has 0 fully saturated rings. The van der Waals surface area contributed by atoms with Gasteiger partial charge in [0.25, 0.3) is 5.69 Å². The molecule has 0 saturated carbocycles. The minimum Gasteiger partial charge on any atom is -0.550 e. The van der Waals surface area contributed by atoms with Crippen LogP contribution in [0.15, 0.2) is 47.4 Å². The maximum absolute atomic E-state index is 12.8. The van der Waals surface area contributed by atoms with E-state index < -0.39 is 39.1 Å². The van der Waals surface area contributed by atoms with Crippen LogP contribution < -0.4 is 19.3 Å². The van der Waals surface area contributed by atoms with Crippen LogP contribution >= 0.6 is 0 Å². The molecule has 0 aromatic heterocycles. The SMILES string of the molecule is O=C([O-])C[C@@H](NS(=O)(=O)c1ccc2c(c1)OCCO2)c1ccccc1[N+](=O)[O-]. The number of nitro groups is 1. The van der Waals surface area contributed by atoms with E-state index in [0.717, 1.165) is 6.07 Å². The minimum atomic E-state index is -4.23. The summed E-state index contributed by atoms with van der Waals surface area (Å²) in [6.45, 7) is 0.593. The molecule has 2 aromatic rings. The molecule has 0 spiro atoms. The zero-order valence-electron chi connectivity index (χ0n) is 14.4. The molecule has 0 aliphatic carbocycles. The Labute approximate surface area is 159 Å². The van der Waals surface area contributed by atoms with Crippen molar-refractivity contribution in [1.29, 1.82) is 0 Å². The fourth-order valence-corrected chi connectivity index (χ4v) is 4.01. The van der Waals surface area contributed by atoms with E-state index >= 15 is 0 Å². The molecule has 148 valence electrons. The number of aliphatic carboxylic acids is 1. The summed E-state index contributed by atoms with van der Waals surface area (Å²) in [4.78, 5) is 21.5. The third kappa shape index (κ3) is 4.21. The third-order valence-electron chi connectivity index (χ3n) is 4.00. The number of rotatable bonds is 7.